The minimum atomic E-state index is -0.210. The van der Waals surface area contributed by atoms with Gasteiger partial charge in [-0.15, -0.1) is 0 Å². The third-order valence-electron chi connectivity index (χ3n) is 3.28. The molecule has 0 fully saturated rings. The fourth-order valence-corrected chi connectivity index (χ4v) is 2.73. The molecule has 20 heavy (non-hydrogen) atoms. The zero-order valence-corrected chi connectivity index (χ0v) is 13.2. The van der Waals surface area contributed by atoms with E-state index < -0.39 is 0 Å². The summed E-state index contributed by atoms with van der Waals surface area (Å²) in [5.74, 6) is -0.210. The predicted octanol–water partition coefficient (Wildman–Crippen LogP) is 4.87. The fraction of sp³-hybridized carbons (Fsp3) is 0.294. The van der Waals surface area contributed by atoms with Crippen molar-refractivity contribution < 1.29 is 4.39 Å². The Bertz CT molecular complexity index is 542. The number of nitrogens with one attached hydrogen (secondary N) is 1. The van der Waals surface area contributed by atoms with Crippen LogP contribution in [0, 0.1) is 5.82 Å². The second kappa shape index (κ2) is 7.55. The SMILES string of the molecule is CCCNC(Cc1ccc(F)cc1Br)c1ccccc1. The second-order valence-electron chi connectivity index (χ2n) is 4.86. The first-order valence-corrected chi connectivity index (χ1v) is 7.72. The Labute approximate surface area is 128 Å². The largest absolute Gasteiger partial charge is 0.310 e. The summed E-state index contributed by atoms with van der Waals surface area (Å²) in [5.41, 5.74) is 2.38. The Hall–Kier alpha value is -1.19. The van der Waals surface area contributed by atoms with Gasteiger partial charge in [0, 0.05) is 10.5 Å². The van der Waals surface area contributed by atoms with Gasteiger partial charge in [-0.25, -0.2) is 4.39 Å². The molecule has 0 saturated heterocycles. The van der Waals surface area contributed by atoms with Gasteiger partial charge in [0.2, 0.25) is 0 Å². The molecule has 1 atom stereocenters. The average molecular weight is 336 g/mol. The third kappa shape index (κ3) is 4.15. The predicted molar refractivity (Wildman–Crippen MR) is 85.3 cm³/mol. The molecule has 0 amide bonds. The van der Waals surface area contributed by atoms with Crippen molar-refractivity contribution in [2.45, 2.75) is 25.8 Å². The van der Waals surface area contributed by atoms with Crippen LogP contribution in [0.4, 0.5) is 4.39 Å². The Morgan fingerprint density at radius 1 is 1.15 bits per heavy atom. The van der Waals surface area contributed by atoms with Gasteiger partial charge >= 0.3 is 0 Å². The van der Waals surface area contributed by atoms with Crippen molar-refractivity contribution >= 4 is 15.9 Å². The van der Waals surface area contributed by atoms with Crippen molar-refractivity contribution in [3.05, 3.63) is 69.9 Å². The van der Waals surface area contributed by atoms with Crippen molar-refractivity contribution in [3.63, 3.8) is 0 Å². The zero-order valence-electron chi connectivity index (χ0n) is 11.6. The highest BCUT2D eigenvalue weighted by atomic mass is 79.9. The minimum Gasteiger partial charge on any atom is -0.310 e. The van der Waals surface area contributed by atoms with Crippen LogP contribution in [0.25, 0.3) is 0 Å². The number of hydrogen-bond acceptors (Lipinski definition) is 1. The molecule has 2 aromatic carbocycles. The van der Waals surface area contributed by atoms with Gasteiger partial charge < -0.3 is 5.32 Å². The van der Waals surface area contributed by atoms with Gasteiger partial charge in [0.15, 0.2) is 0 Å². The van der Waals surface area contributed by atoms with Crippen molar-refractivity contribution in [2.75, 3.05) is 6.54 Å². The summed E-state index contributed by atoms with van der Waals surface area (Å²) in [5, 5.41) is 3.56. The molecule has 0 bridgehead atoms. The number of halogens is 2. The van der Waals surface area contributed by atoms with Crippen LogP contribution >= 0.6 is 15.9 Å². The zero-order chi connectivity index (χ0) is 14.4. The van der Waals surface area contributed by atoms with Crippen molar-refractivity contribution in [3.8, 4) is 0 Å². The lowest BCUT2D eigenvalue weighted by Gasteiger charge is -2.20. The van der Waals surface area contributed by atoms with E-state index in [4.69, 9.17) is 0 Å². The fourth-order valence-electron chi connectivity index (χ4n) is 2.22. The molecule has 0 aromatic heterocycles. The van der Waals surface area contributed by atoms with Crippen LogP contribution in [-0.4, -0.2) is 6.54 Å². The first-order chi connectivity index (χ1) is 9.70. The Morgan fingerprint density at radius 3 is 2.55 bits per heavy atom. The summed E-state index contributed by atoms with van der Waals surface area (Å²) in [4.78, 5) is 0. The summed E-state index contributed by atoms with van der Waals surface area (Å²) >= 11 is 3.45. The number of hydrogen-bond donors (Lipinski definition) is 1. The van der Waals surface area contributed by atoms with Gasteiger partial charge in [0.25, 0.3) is 0 Å². The van der Waals surface area contributed by atoms with Crippen LogP contribution in [0.3, 0.4) is 0 Å². The maximum absolute atomic E-state index is 13.2. The van der Waals surface area contributed by atoms with Crippen LogP contribution in [0.15, 0.2) is 53.0 Å². The maximum atomic E-state index is 13.2. The molecule has 2 aromatic rings. The first-order valence-electron chi connectivity index (χ1n) is 6.93. The smallest absolute Gasteiger partial charge is 0.124 e. The van der Waals surface area contributed by atoms with E-state index in [1.807, 2.05) is 12.1 Å². The summed E-state index contributed by atoms with van der Waals surface area (Å²) < 4.78 is 14.0. The molecule has 0 aliphatic carbocycles. The van der Waals surface area contributed by atoms with Crippen LogP contribution in [0.2, 0.25) is 0 Å². The highest BCUT2D eigenvalue weighted by Gasteiger charge is 2.13. The van der Waals surface area contributed by atoms with Gasteiger partial charge in [-0.1, -0.05) is 59.3 Å². The molecule has 1 unspecified atom stereocenters. The van der Waals surface area contributed by atoms with E-state index in [9.17, 15) is 4.39 Å². The van der Waals surface area contributed by atoms with Gasteiger partial charge in [0.05, 0.1) is 0 Å². The summed E-state index contributed by atoms with van der Waals surface area (Å²) in [6, 6.07) is 15.5. The summed E-state index contributed by atoms with van der Waals surface area (Å²) in [6.45, 7) is 3.13. The van der Waals surface area contributed by atoms with Crippen LogP contribution in [-0.2, 0) is 6.42 Å². The molecule has 0 spiro atoms. The van der Waals surface area contributed by atoms with E-state index in [0.717, 1.165) is 29.4 Å². The topological polar surface area (TPSA) is 12.0 Å². The molecule has 3 heteroatoms. The van der Waals surface area contributed by atoms with E-state index in [-0.39, 0.29) is 11.9 Å². The van der Waals surface area contributed by atoms with Crippen molar-refractivity contribution in [1.29, 1.82) is 0 Å². The van der Waals surface area contributed by atoms with Gasteiger partial charge in [-0.05, 0) is 42.6 Å². The van der Waals surface area contributed by atoms with Crippen LogP contribution < -0.4 is 5.32 Å². The normalized spacial score (nSPS) is 12.3. The summed E-state index contributed by atoms with van der Waals surface area (Å²) in [7, 11) is 0. The van der Waals surface area contributed by atoms with Gasteiger partial charge in [-0.2, -0.15) is 0 Å². The molecule has 2 rings (SSSR count). The van der Waals surface area contributed by atoms with Gasteiger partial charge in [-0.3, -0.25) is 0 Å². The quantitative estimate of drug-likeness (QED) is 0.793. The van der Waals surface area contributed by atoms with Crippen molar-refractivity contribution in [2.24, 2.45) is 0 Å². The Balaban J connectivity index is 2.19. The first kappa shape index (κ1) is 15.2. The molecule has 1 N–H and O–H groups in total. The number of benzene rings is 2. The molecule has 0 aliphatic rings. The summed E-state index contributed by atoms with van der Waals surface area (Å²) in [6.07, 6.45) is 1.93. The molecule has 1 nitrogen and oxygen atoms in total. The van der Waals surface area contributed by atoms with E-state index in [1.165, 1.54) is 17.7 Å². The Morgan fingerprint density at radius 2 is 1.90 bits per heavy atom. The lowest BCUT2D eigenvalue weighted by atomic mass is 9.98. The minimum absolute atomic E-state index is 0.210. The van der Waals surface area contributed by atoms with Crippen molar-refractivity contribution in [1.82, 2.24) is 5.32 Å². The molecule has 0 saturated carbocycles. The van der Waals surface area contributed by atoms with E-state index >= 15 is 0 Å². The van der Waals surface area contributed by atoms with Gasteiger partial charge in [0.1, 0.15) is 5.82 Å². The van der Waals surface area contributed by atoms with E-state index in [2.05, 4.69) is 52.4 Å². The second-order valence-corrected chi connectivity index (χ2v) is 5.71. The molecule has 0 radical (unpaired) electrons. The van der Waals surface area contributed by atoms with Crippen LogP contribution in [0.5, 0.6) is 0 Å². The highest BCUT2D eigenvalue weighted by molar-refractivity contribution is 9.10. The monoisotopic (exact) mass is 335 g/mol. The standard InChI is InChI=1S/C17H19BrFN/c1-2-10-20-17(13-6-4-3-5-7-13)11-14-8-9-15(19)12-16(14)18/h3-9,12,17,20H,2,10-11H2,1H3. The molecule has 0 aliphatic heterocycles. The average Bonchev–Trinajstić information content (AvgIpc) is 2.46. The Kier molecular flexibility index (Phi) is 5.74. The molecular weight excluding hydrogens is 317 g/mol. The van der Waals surface area contributed by atoms with Crippen LogP contribution in [0.1, 0.15) is 30.5 Å². The highest BCUT2D eigenvalue weighted by Crippen LogP contribution is 2.24. The molecular formula is C17H19BrFN. The third-order valence-corrected chi connectivity index (χ3v) is 4.02. The van der Waals surface area contributed by atoms with E-state index in [0.29, 0.717) is 0 Å². The molecule has 106 valence electrons. The molecule has 0 heterocycles. The van der Waals surface area contributed by atoms with E-state index in [1.54, 1.807) is 0 Å². The lowest BCUT2D eigenvalue weighted by molar-refractivity contribution is 0.528. The lowest BCUT2D eigenvalue weighted by Crippen LogP contribution is -2.24. The number of rotatable bonds is 6. The maximum Gasteiger partial charge on any atom is 0.124 e.